The Morgan fingerprint density at radius 3 is 2.55 bits per heavy atom. The maximum atomic E-state index is 11.6. The molecule has 2 heterocycles. The topological polar surface area (TPSA) is 89.0 Å². The second-order valence-corrected chi connectivity index (χ2v) is 6.37. The molecule has 0 fully saturated rings. The number of carbonyl (C=O) groups is 1. The lowest BCUT2D eigenvalue weighted by Crippen LogP contribution is -2.08. The Bertz CT molecular complexity index is 1180. The first-order valence-electron chi connectivity index (χ1n) is 9.04. The summed E-state index contributed by atoms with van der Waals surface area (Å²) in [6.07, 6.45) is 3.43. The Kier molecular flexibility index (Phi) is 5.03. The summed E-state index contributed by atoms with van der Waals surface area (Å²) in [5, 5.41) is 6.97. The number of hydrogen-bond donors (Lipinski definition) is 2. The van der Waals surface area contributed by atoms with Gasteiger partial charge in [-0.05, 0) is 42.5 Å². The maximum absolute atomic E-state index is 11.6. The molecule has 0 bridgehead atoms. The third kappa shape index (κ3) is 3.98. The van der Waals surface area contributed by atoms with Crippen LogP contribution in [0.4, 0.5) is 17.2 Å². The molecule has 1 amide bonds. The lowest BCUT2D eigenvalue weighted by atomic mass is 10.2. The molecule has 0 aliphatic carbocycles. The maximum Gasteiger partial charge on any atom is 0.221 e. The van der Waals surface area contributed by atoms with Gasteiger partial charge in [-0.2, -0.15) is 0 Å². The van der Waals surface area contributed by atoms with E-state index in [1.54, 1.807) is 19.5 Å². The largest absolute Gasteiger partial charge is 0.497 e. The monoisotopic (exact) mass is 385 g/mol. The van der Waals surface area contributed by atoms with Gasteiger partial charge >= 0.3 is 0 Å². The van der Waals surface area contributed by atoms with E-state index in [2.05, 4.69) is 20.6 Å². The lowest BCUT2D eigenvalue weighted by Gasteiger charge is -2.15. The summed E-state index contributed by atoms with van der Waals surface area (Å²) in [6.45, 7) is 1.47. The van der Waals surface area contributed by atoms with E-state index < -0.39 is 0 Å². The second kappa shape index (κ2) is 7.93. The Morgan fingerprint density at radius 1 is 1.00 bits per heavy atom. The number of nitrogens with zero attached hydrogens (tertiary/aromatic N) is 3. The molecular formula is C22H19N5O2. The number of nitrogens with one attached hydrogen (secondary N) is 2. The van der Waals surface area contributed by atoms with Gasteiger partial charge < -0.3 is 15.4 Å². The van der Waals surface area contributed by atoms with Crippen molar-refractivity contribution >= 4 is 34.0 Å². The van der Waals surface area contributed by atoms with E-state index in [1.165, 1.54) is 6.92 Å². The van der Waals surface area contributed by atoms with E-state index >= 15 is 0 Å². The van der Waals surface area contributed by atoms with Gasteiger partial charge in [-0.1, -0.05) is 12.1 Å². The number of pyridine rings is 1. The van der Waals surface area contributed by atoms with Crippen LogP contribution in [-0.4, -0.2) is 28.0 Å². The first-order valence-corrected chi connectivity index (χ1v) is 9.04. The molecule has 7 heteroatoms. The van der Waals surface area contributed by atoms with Gasteiger partial charge in [0.2, 0.25) is 5.91 Å². The quantitative estimate of drug-likeness (QED) is 0.529. The fourth-order valence-electron chi connectivity index (χ4n) is 2.97. The minimum atomic E-state index is -0.149. The molecule has 0 saturated heterocycles. The molecule has 0 spiro atoms. The number of ether oxygens (including phenoxy) is 1. The number of para-hydroxylation sites is 2. The van der Waals surface area contributed by atoms with Crippen molar-refractivity contribution in [3.05, 3.63) is 67.0 Å². The first-order chi connectivity index (χ1) is 14.1. The Labute approximate surface area is 167 Å². The molecule has 2 N–H and O–H groups in total. The number of aromatic nitrogens is 3. The number of rotatable bonds is 5. The third-order valence-electron chi connectivity index (χ3n) is 4.31. The molecule has 0 atom stereocenters. The van der Waals surface area contributed by atoms with Crippen molar-refractivity contribution in [2.45, 2.75) is 6.92 Å². The van der Waals surface area contributed by atoms with Gasteiger partial charge in [0.1, 0.15) is 11.6 Å². The van der Waals surface area contributed by atoms with E-state index in [4.69, 9.17) is 9.72 Å². The van der Waals surface area contributed by atoms with E-state index in [0.717, 1.165) is 22.2 Å². The van der Waals surface area contributed by atoms with Gasteiger partial charge in [0.15, 0.2) is 5.82 Å². The van der Waals surface area contributed by atoms with Gasteiger partial charge in [-0.3, -0.25) is 9.78 Å². The summed E-state index contributed by atoms with van der Waals surface area (Å²) in [5.74, 6) is 1.71. The van der Waals surface area contributed by atoms with E-state index in [-0.39, 0.29) is 5.91 Å². The van der Waals surface area contributed by atoms with Crippen molar-refractivity contribution in [1.82, 2.24) is 15.0 Å². The number of anilines is 3. The molecule has 0 saturated carbocycles. The average Bonchev–Trinajstić information content (AvgIpc) is 2.75. The number of hydrogen-bond acceptors (Lipinski definition) is 6. The van der Waals surface area contributed by atoms with Crippen LogP contribution in [0.3, 0.4) is 0 Å². The minimum absolute atomic E-state index is 0.149. The lowest BCUT2D eigenvalue weighted by molar-refractivity contribution is -0.114. The number of fused-ring (bicyclic) bond motifs is 1. The summed E-state index contributed by atoms with van der Waals surface area (Å²) in [5.41, 5.74) is 2.96. The number of benzene rings is 2. The van der Waals surface area contributed by atoms with Crippen molar-refractivity contribution in [2.75, 3.05) is 17.7 Å². The molecular weight excluding hydrogens is 366 g/mol. The summed E-state index contributed by atoms with van der Waals surface area (Å²) in [7, 11) is 1.62. The van der Waals surface area contributed by atoms with Gasteiger partial charge in [0.05, 0.1) is 24.0 Å². The smallest absolute Gasteiger partial charge is 0.221 e. The zero-order valence-corrected chi connectivity index (χ0v) is 16.0. The van der Waals surface area contributed by atoms with E-state index in [1.807, 2.05) is 54.6 Å². The molecule has 0 aliphatic rings. The van der Waals surface area contributed by atoms with Crippen LogP contribution in [0.5, 0.6) is 5.75 Å². The highest BCUT2D eigenvalue weighted by atomic mass is 16.5. The zero-order valence-electron chi connectivity index (χ0n) is 16.0. The molecule has 29 heavy (non-hydrogen) atoms. The summed E-state index contributed by atoms with van der Waals surface area (Å²) in [6, 6.07) is 16.8. The van der Waals surface area contributed by atoms with Gasteiger partial charge in [-0.15, -0.1) is 0 Å². The van der Waals surface area contributed by atoms with E-state index in [0.29, 0.717) is 23.1 Å². The molecule has 0 unspecified atom stereocenters. The summed E-state index contributed by atoms with van der Waals surface area (Å²) < 4.78 is 5.37. The van der Waals surface area contributed by atoms with Crippen molar-refractivity contribution < 1.29 is 9.53 Å². The fraction of sp³-hybridized carbons (Fsp3) is 0.0909. The SMILES string of the molecule is COc1ccc2nc(-c3cccnc3)nc(Nc3ccccc3NC(C)=O)c2c1. The van der Waals surface area contributed by atoms with Crippen molar-refractivity contribution in [1.29, 1.82) is 0 Å². The molecule has 2 aromatic carbocycles. The number of amides is 1. The highest BCUT2D eigenvalue weighted by molar-refractivity contribution is 5.97. The molecule has 2 aromatic heterocycles. The van der Waals surface area contributed by atoms with Crippen LogP contribution < -0.4 is 15.4 Å². The van der Waals surface area contributed by atoms with Crippen LogP contribution in [0.15, 0.2) is 67.0 Å². The molecule has 4 rings (SSSR count). The molecule has 144 valence electrons. The third-order valence-corrected chi connectivity index (χ3v) is 4.31. The van der Waals surface area contributed by atoms with Crippen LogP contribution in [-0.2, 0) is 4.79 Å². The van der Waals surface area contributed by atoms with Crippen LogP contribution in [0.1, 0.15) is 6.92 Å². The Hall–Kier alpha value is -4.00. The number of methoxy groups -OCH3 is 1. The van der Waals surface area contributed by atoms with E-state index in [9.17, 15) is 4.79 Å². The Balaban J connectivity index is 1.87. The zero-order chi connectivity index (χ0) is 20.2. The second-order valence-electron chi connectivity index (χ2n) is 6.37. The van der Waals surface area contributed by atoms with Crippen molar-refractivity contribution in [3.63, 3.8) is 0 Å². The highest BCUT2D eigenvalue weighted by Crippen LogP contribution is 2.32. The normalized spacial score (nSPS) is 10.6. The van der Waals surface area contributed by atoms with Crippen molar-refractivity contribution in [3.8, 4) is 17.1 Å². The van der Waals surface area contributed by atoms with Gasteiger partial charge in [-0.25, -0.2) is 9.97 Å². The molecule has 4 aromatic rings. The highest BCUT2D eigenvalue weighted by Gasteiger charge is 2.13. The standard InChI is InChI=1S/C22H19N5O2/c1-14(28)24-19-7-3-4-8-20(19)26-22-17-12-16(29-2)9-10-18(17)25-21(27-22)15-6-5-11-23-13-15/h3-13H,1-2H3,(H,24,28)(H,25,26,27). The van der Waals surface area contributed by atoms with Crippen LogP contribution in [0.2, 0.25) is 0 Å². The predicted molar refractivity (Wildman–Crippen MR) is 113 cm³/mol. The molecule has 0 radical (unpaired) electrons. The predicted octanol–water partition coefficient (Wildman–Crippen LogP) is 4.40. The number of carbonyl (C=O) groups excluding carboxylic acids is 1. The van der Waals surface area contributed by atoms with Crippen LogP contribution in [0, 0.1) is 0 Å². The molecule has 7 nitrogen and oxygen atoms in total. The van der Waals surface area contributed by atoms with Crippen LogP contribution in [0.25, 0.3) is 22.3 Å². The average molecular weight is 385 g/mol. The summed E-state index contributed by atoms with van der Waals surface area (Å²) >= 11 is 0. The van der Waals surface area contributed by atoms with Crippen LogP contribution >= 0.6 is 0 Å². The van der Waals surface area contributed by atoms with Gasteiger partial charge in [0.25, 0.3) is 0 Å². The van der Waals surface area contributed by atoms with Gasteiger partial charge in [0, 0.05) is 30.3 Å². The minimum Gasteiger partial charge on any atom is -0.497 e. The molecule has 0 aliphatic heterocycles. The van der Waals surface area contributed by atoms with Crippen molar-refractivity contribution in [2.24, 2.45) is 0 Å². The Morgan fingerprint density at radius 2 is 1.83 bits per heavy atom. The first kappa shape index (κ1) is 18.4. The summed E-state index contributed by atoms with van der Waals surface area (Å²) in [4.78, 5) is 25.1. The fourth-order valence-corrected chi connectivity index (χ4v) is 2.97.